The number of benzene rings is 2. The van der Waals surface area contributed by atoms with Crippen LogP contribution in [0.15, 0.2) is 35.3 Å². The number of amides is 1. The standard InChI is InChI=1S/C20H20F2N2O4S/c1-26-7-6-24-19-14(22)10-13(21)11-17(19)29-20(24)23-18(25)9-12-4-5-15(27-2)16(8-12)28-3/h4-5,8,10-11H,6-7,9H2,1-3H3. The molecule has 0 bridgehead atoms. The fourth-order valence-electron chi connectivity index (χ4n) is 2.92. The van der Waals surface area contributed by atoms with Crippen LogP contribution in [0.3, 0.4) is 0 Å². The molecule has 0 fully saturated rings. The topological polar surface area (TPSA) is 62.1 Å². The number of carbonyl (C=O) groups excluding carboxylic acids is 1. The first kappa shape index (κ1) is 20.9. The highest BCUT2D eigenvalue weighted by Crippen LogP contribution is 2.28. The number of fused-ring (bicyclic) bond motifs is 1. The number of rotatable bonds is 7. The Morgan fingerprint density at radius 1 is 1.10 bits per heavy atom. The smallest absolute Gasteiger partial charge is 0.252 e. The van der Waals surface area contributed by atoms with E-state index >= 15 is 0 Å². The van der Waals surface area contributed by atoms with Crippen molar-refractivity contribution in [1.29, 1.82) is 0 Å². The SMILES string of the molecule is COCCn1c(=NC(=O)Cc2ccc(OC)c(OC)c2)sc2cc(F)cc(F)c21. The Balaban J connectivity index is 1.98. The van der Waals surface area contributed by atoms with E-state index in [9.17, 15) is 13.6 Å². The van der Waals surface area contributed by atoms with Crippen molar-refractivity contribution in [1.82, 2.24) is 4.57 Å². The van der Waals surface area contributed by atoms with Crippen LogP contribution in [0.2, 0.25) is 0 Å². The van der Waals surface area contributed by atoms with Crippen LogP contribution in [0, 0.1) is 11.6 Å². The third-order valence-electron chi connectivity index (χ3n) is 4.24. The molecule has 0 saturated heterocycles. The van der Waals surface area contributed by atoms with Crippen molar-refractivity contribution in [3.8, 4) is 11.5 Å². The number of ether oxygens (including phenoxy) is 3. The lowest BCUT2D eigenvalue weighted by Crippen LogP contribution is -2.20. The first-order valence-electron chi connectivity index (χ1n) is 8.72. The van der Waals surface area contributed by atoms with Gasteiger partial charge in [0.25, 0.3) is 5.91 Å². The monoisotopic (exact) mass is 422 g/mol. The molecule has 0 unspecified atom stereocenters. The first-order valence-corrected chi connectivity index (χ1v) is 9.54. The third kappa shape index (κ3) is 4.63. The third-order valence-corrected chi connectivity index (χ3v) is 5.26. The quantitative estimate of drug-likeness (QED) is 0.586. The lowest BCUT2D eigenvalue weighted by molar-refractivity contribution is -0.117. The highest BCUT2D eigenvalue weighted by molar-refractivity contribution is 7.16. The summed E-state index contributed by atoms with van der Waals surface area (Å²) in [6, 6.07) is 7.19. The average Bonchev–Trinajstić information content (AvgIpc) is 3.02. The lowest BCUT2D eigenvalue weighted by Gasteiger charge is -2.08. The van der Waals surface area contributed by atoms with Gasteiger partial charge in [-0.1, -0.05) is 17.4 Å². The highest BCUT2D eigenvalue weighted by Gasteiger charge is 2.14. The molecule has 0 radical (unpaired) electrons. The molecule has 0 N–H and O–H groups in total. The van der Waals surface area contributed by atoms with Crippen LogP contribution in [0.25, 0.3) is 10.2 Å². The van der Waals surface area contributed by atoms with Crippen molar-refractivity contribution in [3.63, 3.8) is 0 Å². The maximum atomic E-state index is 14.3. The zero-order valence-electron chi connectivity index (χ0n) is 16.2. The van der Waals surface area contributed by atoms with Gasteiger partial charge in [-0.05, 0) is 23.8 Å². The average molecular weight is 422 g/mol. The summed E-state index contributed by atoms with van der Waals surface area (Å²) in [5.41, 5.74) is 0.893. The Morgan fingerprint density at radius 3 is 2.55 bits per heavy atom. The molecule has 29 heavy (non-hydrogen) atoms. The number of thiazole rings is 1. The van der Waals surface area contributed by atoms with Crippen molar-refractivity contribution < 1.29 is 27.8 Å². The van der Waals surface area contributed by atoms with E-state index in [1.807, 2.05) is 0 Å². The molecular formula is C20H20F2N2O4S. The van der Waals surface area contributed by atoms with Crippen LogP contribution >= 0.6 is 11.3 Å². The molecule has 0 aliphatic carbocycles. The highest BCUT2D eigenvalue weighted by atomic mass is 32.1. The van der Waals surface area contributed by atoms with Gasteiger partial charge in [0.1, 0.15) is 5.82 Å². The molecule has 0 aliphatic heterocycles. The molecule has 1 heterocycles. The molecule has 0 spiro atoms. The van der Waals surface area contributed by atoms with Crippen LogP contribution in [-0.2, 0) is 22.5 Å². The van der Waals surface area contributed by atoms with Crippen molar-refractivity contribution in [2.75, 3.05) is 27.9 Å². The van der Waals surface area contributed by atoms with E-state index in [4.69, 9.17) is 14.2 Å². The predicted molar refractivity (Wildman–Crippen MR) is 105 cm³/mol. The van der Waals surface area contributed by atoms with Gasteiger partial charge in [0.05, 0.1) is 37.5 Å². The van der Waals surface area contributed by atoms with Crippen molar-refractivity contribution >= 4 is 27.5 Å². The summed E-state index contributed by atoms with van der Waals surface area (Å²) >= 11 is 1.05. The molecule has 2 aromatic carbocycles. The molecule has 1 aromatic heterocycles. The number of aromatic nitrogens is 1. The second-order valence-corrected chi connectivity index (χ2v) is 7.14. The van der Waals surface area contributed by atoms with E-state index in [0.29, 0.717) is 28.4 Å². The van der Waals surface area contributed by atoms with Crippen molar-refractivity contribution in [3.05, 3.63) is 52.3 Å². The normalized spacial score (nSPS) is 11.8. The number of hydrogen-bond acceptors (Lipinski definition) is 5. The minimum atomic E-state index is -0.707. The van der Waals surface area contributed by atoms with E-state index in [0.717, 1.165) is 17.4 Å². The molecule has 6 nitrogen and oxygen atoms in total. The van der Waals surface area contributed by atoms with E-state index in [1.54, 1.807) is 18.2 Å². The zero-order valence-corrected chi connectivity index (χ0v) is 17.0. The van der Waals surface area contributed by atoms with Gasteiger partial charge >= 0.3 is 0 Å². The van der Waals surface area contributed by atoms with Gasteiger partial charge in [-0.3, -0.25) is 4.79 Å². The Morgan fingerprint density at radius 2 is 1.86 bits per heavy atom. The molecular weight excluding hydrogens is 402 g/mol. The van der Waals surface area contributed by atoms with Gasteiger partial charge in [-0.25, -0.2) is 8.78 Å². The van der Waals surface area contributed by atoms with Crippen LogP contribution < -0.4 is 14.3 Å². The van der Waals surface area contributed by atoms with Gasteiger partial charge in [0.2, 0.25) is 0 Å². The van der Waals surface area contributed by atoms with Gasteiger partial charge in [-0.2, -0.15) is 4.99 Å². The van der Waals surface area contributed by atoms with Crippen LogP contribution in [-0.4, -0.2) is 38.4 Å². The fourth-order valence-corrected chi connectivity index (χ4v) is 4.03. The largest absolute Gasteiger partial charge is 0.493 e. The van der Waals surface area contributed by atoms with Crippen molar-refractivity contribution in [2.24, 2.45) is 4.99 Å². The maximum Gasteiger partial charge on any atom is 0.252 e. The van der Waals surface area contributed by atoms with Gasteiger partial charge in [-0.15, -0.1) is 0 Å². The summed E-state index contributed by atoms with van der Waals surface area (Å²) in [7, 11) is 4.56. The molecule has 3 aromatic rings. The summed E-state index contributed by atoms with van der Waals surface area (Å²) in [5, 5.41) is 0. The number of hydrogen-bond donors (Lipinski definition) is 0. The van der Waals surface area contributed by atoms with Crippen molar-refractivity contribution in [2.45, 2.75) is 13.0 Å². The fraction of sp³-hybridized carbons (Fsp3) is 0.300. The molecule has 0 aliphatic rings. The molecule has 1 amide bonds. The lowest BCUT2D eigenvalue weighted by atomic mass is 10.1. The summed E-state index contributed by atoms with van der Waals surface area (Å²) in [4.78, 5) is 17.0. The van der Waals surface area contributed by atoms with E-state index in [1.165, 1.54) is 32.0 Å². The number of nitrogens with zero attached hydrogens (tertiary/aromatic N) is 2. The Bertz CT molecular complexity index is 1110. The zero-order chi connectivity index (χ0) is 21.0. The summed E-state index contributed by atoms with van der Waals surface area (Å²) in [5.74, 6) is -0.747. The maximum absolute atomic E-state index is 14.3. The van der Waals surface area contributed by atoms with Gasteiger partial charge in [0.15, 0.2) is 22.1 Å². The number of methoxy groups -OCH3 is 3. The Labute approximate surface area is 170 Å². The number of halogens is 2. The first-order chi connectivity index (χ1) is 14.0. The second kappa shape index (κ2) is 9.15. The summed E-state index contributed by atoms with van der Waals surface area (Å²) in [6.45, 7) is 0.571. The van der Waals surface area contributed by atoms with Gasteiger partial charge < -0.3 is 18.8 Å². The summed E-state index contributed by atoms with van der Waals surface area (Å²) < 4.78 is 45.3. The minimum Gasteiger partial charge on any atom is -0.493 e. The number of carbonyl (C=O) groups is 1. The Hall–Kier alpha value is -2.78. The predicted octanol–water partition coefficient (Wildman–Crippen LogP) is 3.31. The molecule has 154 valence electrons. The van der Waals surface area contributed by atoms with Crippen LogP contribution in [0.4, 0.5) is 8.78 Å². The van der Waals surface area contributed by atoms with E-state index in [2.05, 4.69) is 4.99 Å². The summed E-state index contributed by atoms with van der Waals surface area (Å²) in [6.07, 6.45) is 0.0235. The second-order valence-electron chi connectivity index (χ2n) is 6.14. The van der Waals surface area contributed by atoms with E-state index < -0.39 is 17.5 Å². The molecule has 0 saturated carbocycles. The van der Waals surface area contributed by atoms with E-state index in [-0.39, 0.29) is 23.3 Å². The van der Waals surface area contributed by atoms with Gasteiger partial charge in [0, 0.05) is 19.7 Å². The van der Waals surface area contributed by atoms with Crippen LogP contribution in [0.1, 0.15) is 5.56 Å². The molecule has 9 heteroatoms. The minimum absolute atomic E-state index is 0.0235. The molecule has 0 atom stereocenters. The van der Waals surface area contributed by atoms with Crippen LogP contribution in [0.5, 0.6) is 11.5 Å². The molecule has 3 rings (SSSR count). The Kier molecular flexibility index (Phi) is 6.60.